The number of carbonyl (C=O) groups is 1. The van der Waals surface area contributed by atoms with Crippen molar-refractivity contribution >= 4 is 5.91 Å². The molecule has 0 spiro atoms. The first kappa shape index (κ1) is 16.5. The van der Waals surface area contributed by atoms with Crippen molar-refractivity contribution in [3.05, 3.63) is 28.6 Å². The fourth-order valence-corrected chi connectivity index (χ4v) is 2.91. The summed E-state index contributed by atoms with van der Waals surface area (Å²) in [6.45, 7) is 3.23. The van der Waals surface area contributed by atoms with Crippen molar-refractivity contribution in [3.63, 3.8) is 0 Å². The number of carbonyl (C=O) groups excluding carboxylic acids is 1. The number of aromatic amines is 1. The standard InChI is InChI=1S/C14H17F3N6O/c1-7-12(8(2)20-19-7)13(24)18-5-11-22-21-10-4-3-9(6-23(10)11)14(15,16)17/h9H,3-6H2,1-2H3,(H,18,24)(H,19,20)/t9-/m1/s1. The second kappa shape index (κ2) is 5.91. The van der Waals surface area contributed by atoms with Crippen molar-refractivity contribution in [1.29, 1.82) is 0 Å². The zero-order valence-corrected chi connectivity index (χ0v) is 13.2. The fourth-order valence-electron chi connectivity index (χ4n) is 2.91. The Morgan fingerprint density at radius 1 is 1.38 bits per heavy atom. The molecule has 1 atom stereocenters. The Kier molecular flexibility index (Phi) is 4.06. The first-order valence-corrected chi connectivity index (χ1v) is 7.54. The average molecular weight is 342 g/mol. The maximum absolute atomic E-state index is 12.9. The summed E-state index contributed by atoms with van der Waals surface area (Å²) in [6.07, 6.45) is -4.00. The predicted octanol–water partition coefficient (Wildman–Crippen LogP) is 1.67. The Bertz CT molecular complexity index is 744. The van der Waals surface area contributed by atoms with Crippen LogP contribution in [0.5, 0.6) is 0 Å². The number of nitrogens with zero attached hydrogens (tertiary/aromatic N) is 4. The maximum Gasteiger partial charge on any atom is 0.393 e. The molecule has 7 nitrogen and oxygen atoms in total. The molecule has 10 heteroatoms. The van der Waals surface area contributed by atoms with Crippen LogP contribution in [-0.2, 0) is 19.5 Å². The number of amides is 1. The van der Waals surface area contributed by atoms with Gasteiger partial charge in [-0.15, -0.1) is 10.2 Å². The van der Waals surface area contributed by atoms with Gasteiger partial charge in [-0.1, -0.05) is 0 Å². The summed E-state index contributed by atoms with van der Waals surface area (Å²) in [5.41, 5.74) is 1.62. The molecule has 0 radical (unpaired) electrons. The number of hydrogen-bond acceptors (Lipinski definition) is 4. The van der Waals surface area contributed by atoms with E-state index in [-0.39, 0.29) is 31.8 Å². The van der Waals surface area contributed by atoms with Gasteiger partial charge < -0.3 is 9.88 Å². The second-order valence-electron chi connectivity index (χ2n) is 5.91. The van der Waals surface area contributed by atoms with Crippen LogP contribution in [0.15, 0.2) is 0 Å². The molecule has 0 fully saturated rings. The van der Waals surface area contributed by atoms with E-state index in [1.165, 1.54) is 4.57 Å². The number of aryl methyl sites for hydroxylation is 3. The van der Waals surface area contributed by atoms with Crippen LogP contribution in [0.2, 0.25) is 0 Å². The average Bonchev–Trinajstić information content (AvgIpc) is 3.07. The highest BCUT2D eigenvalue weighted by Gasteiger charge is 2.42. The van der Waals surface area contributed by atoms with Crippen molar-refractivity contribution < 1.29 is 18.0 Å². The topological polar surface area (TPSA) is 88.5 Å². The Hall–Kier alpha value is -2.39. The summed E-state index contributed by atoms with van der Waals surface area (Å²) in [6, 6.07) is 0. The third-order valence-electron chi connectivity index (χ3n) is 4.25. The Morgan fingerprint density at radius 3 is 2.75 bits per heavy atom. The van der Waals surface area contributed by atoms with Crippen LogP contribution in [0.25, 0.3) is 0 Å². The first-order chi connectivity index (χ1) is 11.3. The van der Waals surface area contributed by atoms with E-state index in [1.54, 1.807) is 13.8 Å². The molecule has 2 aromatic rings. The lowest BCUT2D eigenvalue weighted by Crippen LogP contribution is -2.34. The van der Waals surface area contributed by atoms with Crippen LogP contribution in [0, 0.1) is 19.8 Å². The monoisotopic (exact) mass is 342 g/mol. The van der Waals surface area contributed by atoms with E-state index in [1.807, 2.05) is 0 Å². The smallest absolute Gasteiger partial charge is 0.345 e. The molecule has 3 heterocycles. The van der Waals surface area contributed by atoms with E-state index in [0.717, 1.165) is 0 Å². The summed E-state index contributed by atoms with van der Waals surface area (Å²) in [7, 11) is 0. The summed E-state index contributed by atoms with van der Waals surface area (Å²) < 4.78 is 40.2. The van der Waals surface area contributed by atoms with Crippen LogP contribution < -0.4 is 5.32 Å². The minimum Gasteiger partial charge on any atom is -0.345 e. The molecular weight excluding hydrogens is 325 g/mol. The van der Waals surface area contributed by atoms with Crippen molar-refractivity contribution in [2.24, 2.45) is 5.92 Å². The molecule has 1 amide bonds. The van der Waals surface area contributed by atoms with E-state index in [2.05, 4.69) is 25.7 Å². The number of H-pyrrole nitrogens is 1. The van der Waals surface area contributed by atoms with Crippen molar-refractivity contribution in [1.82, 2.24) is 30.3 Å². The number of rotatable bonds is 3. The molecule has 2 N–H and O–H groups in total. The van der Waals surface area contributed by atoms with Crippen molar-refractivity contribution in [3.8, 4) is 0 Å². The molecule has 0 unspecified atom stereocenters. The highest BCUT2D eigenvalue weighted by molar-refractivity contribution is 5.96. The maximum atomic E-state index is 12.9. The molecule has 24 heavy (non-hydrogen) atoms. The lowest BCUT2D eigenvalue weighted by molar-refractivity contribution is -0.182. The van der Waals surface area contributed by atoms with Gasteiger partial charge >= 0.3 is 6.18 Å². The molecule has 2 aromatic heterocycles. The lowest BCUT2D eigenvalue weighted by atomic mass is 9.99. The molecule has 0 aliphatic carbocycles. The van der Waals surface area contributed by atoms with E-state index >= 15 is 0 Å². The fraction of sp³-hybridized carbons (Fsp3) is 0.571. The Morgan fingerprint density at radius 2 is 2.12 bits per heavy atom. The first-order valence-electron chi connectivity index (χ1n) is 7.54. The van der Waals surface area contributed by atoms with E-state index in [0.29, 0.717) is 28.6 Å². The molecule has 0 saturated heterocycles. The highest BCUT2D eigenvalue weighted by atomic mass is 19.4. The van der Waals surface area contributed by atoms with Gasteiger partial charge in [0.15, 0.2) is 5.82 Å². The summed E-state index contributed by atoms with van der Waals surface area (Å²) in [5, 5.41) is 17.2. The SMILES string of the molecule is Cc1n[nH]c(C)c1C(=O)NCc1nnc2n1C[C@H](C(F)(F)F)CC2. The number of hydrogen-bond donors (Lipinski definition) is 2. The molecular formula is C14H17F3N6O. The van der Waals surface area contributed by atoms with Gasteiger partial charge in [-0.2, -0.15) is 18.3 Å². The molecule has 1 aliphatic rings. The third-order valence-corrected chi connectivity index (χ3v) is 4.25. The molecule has 3 rings (SSSR count). The van der Waals surface area contributed by atoms with Gasteiger partial charge in [0, 0.05) is 18.7 Å². The Labute approximate surface area is 135 Å². The number of halogens is 3. The normalized spacial score (nSPS) is 17.6. The third kappa shape index (κ3) is 3.00. The number of nitrogens with one attached hydrogen (secondary N) is 2. The van der Waals surface area contributed by atoms with E-state index in [4.69, 9.17) is 0 Å². The van der Waals surface area contributed by atoms with E-state index < -0.39 is 12.1 Å². The second-order valence-corrected chi connectivity index (χ2v) is 5.91. The molecule has 1 aliphatic heterocycles. The minimum atomic E-state index is -4.24. The van der Waals surface area contributed by atoms with Crippen molar-refractivity contribution in [2.45, 2.75) is 46.0 Å². The van der Waals surface area contributed by atoms with Crippen LogP contribution in [-0.4, -0.2) is 37.0 Å². The van der Waals surface area contributed by atoms with Crippen LogP contribution in [0.4, 0.5) is 13.2 Å². The van der Waals surface area contributed by atoms with Gasteiger partial charge in [-0.3, -0.25) is 9.89 Å². The molecule has 0 saturated carbocycles. The van der Waals surface area contributed by atoms with Gasteiger partial charge in [0.05, 0.1) is 23.7 Å². The molecule has 130 valence electrons. The van der Waals surface area contributed by atoms with Crippen LogP contribution in [0.3, 0.4) is 0 Å². The summed E-state index contributed by atoms with van der Waals surface area (Å²) >= 11 is 0. The quantitative estimate of drug-likeness (QED) is 0.888. The number of alkyl halides is 3. The van der Waals surface area contributed by atoms with Gasteiger partial charge in [0.2, 0.25) is 0 Å². The zero-order chi connectivity index (χ0) is 17.5. The van der Waals surface area contributed by atoms with Gasteiger partial charge in [0.1, 0.15) is 5.82 Å². The summed E-state index contributed by atoms with van der Waals surface area (Å²) in [5.74, 6) is -0.908. The van der Waals surface area contributed by atoms with E-state index in [9.17, 15) is 18.0 Å². The molecule has 0 bridgehead atoms. The Balaban J connectivity index is 1.72. The number of fused-ring (bicyclic) bond motifs is 1. The summed E-state index contributed by atoms with van der Waals surface area (Å²) in [4.78, 5) is 12.2. The number of aromatic nitrogens is 5. The van der Waals surface area contributed by atoms with Crippen LogP contribution >= 0.6 is 0 Å². The predicted molar refractivity (Wildman–Crippen MR) is 77.1 cm³/mol. The van der Waals surface area contributed by atoms with Crippen LogP contribution in [0.1, 0.15) is 39.8 Å². The molecule has 0 aromatic carbocycles. The van der Waals surface area contributed by atoms with Crippen molar-refractivity contribution in [2.75, 3.05) is 0 Å². The van der Waals surface area contributed by atoms with Gasteiger partial charge in [0.25, 0.3) is 5.91 Å². The van der Waals surface area contributed by atoms with Gasteiger partial charge in [-0.05, 0) is 20.3 Å². The highest BCUT2D eigenvalue weighted by Crippen LogP contribution is 2.34. The lowest BCUT2D eigenvalue weighted by Gasteiger charge is -2.26. The largest absolute Gasteiger partial charge is 0.393 e. The van der Waals surface area contributed by atoms with Gasteiger partial charge in [-0.25, -0.2) is 0 Å². The minimum absolute atomic E-state index is 0.0144. The zero-order valence-electron chi connectivity index (χ0n) is 13.2.